The molecule has 2 aliphatic carbocycles. The Morgan fingerprint density at radius 2 is 1.62 bits per heavy atom. The van der Waals surface area contributed by atoms with Gasteiger partial charge in [-0.2, -0.15) is 0 Å². The van der Waals surface area contributed by atoms with Crippen LogP contribution in [0.1, 0.15) is 55.2 Å². The largest absolute Gasteiger partial charge is 0.0807 e. The third-order valence-electron chi connectivity index (χ3n) is 4.03. The number of aryl methyl sites for hydroxylation is 2. The van der Waals surface area contributed by atoms with Crippen LogP contribution in [-0.4, -0.2) is 0 Å². The van der Waals surface area contributed by atoms with Crippen LogP contribution in [0.4, 0.5) is 0 Å². The Kier molecular flexibility index (Phi) is 2.82. The number of hydrogen-bond acceptors (Lipinski definition) is 0. The monoisotopic (exact) mass is 212 g/mol. The molecule has 0 unspecified atom stereocenters. The zero-order chi connectivity index (χ0) is 10.8. The summed E-state index contributed by atoms with van der Waals surface area (Å²) in [5, 5.41) is 0. The molecular formula is C16H20. The van der Waals surface area contributed by atoms with E-state index in [9.17, 15) is 0 Å². The van der Waals surface area contributed by atoms with Crippen LogP contribution >= 0.6 is 0 Å². The standard InChI is InChI=1S/C16H20/c1-2-4-6-13(7-5-3-1)15-10-8-14-9-11-16(14)12-15/h6,8,10,12H,1-5,7,9,11H2/b13-6+. The van der Waals surface area contributed by atoms with E-state index in [4.69, 9.17) is 0 Å². The van der Waals surface area contributed by atoms with Gasteiger partial charge in [0.1, 0.15) is 0 Å². The minimum atomic E-state index is 1.28. The smallest absolute Gasteiger partial charge is 0.0225 e. The fourth-order valence-electron chi connectivity index (χ4n) is 2.85. The van der Waals surface area contributed by atoms with E-state index in [-0.39, 0.29) is 0 Å². The average molecular weight is 212 g/mol. The molecule has 0 aromatic heterocycles. The summed E-state index contributed by atoms with van der Waals surface area (Å²) in [5.74, 6) is 0. The third kappa shape index (κ3) is 1.93. The third-order valence-corrected chi connectivity index (χ3v) is 4.03. The van der Waals surface area contributed by atoms with Crippen LogP contribution in [0, 0.1) is 0 Å². The van der Waals surface area contributed by atoms with Crippen molar-refractivity contribution in [2.75, 3.05) is 0 Å². The van der Waals surface area contributed by atoms with Gasteiger partial charge in [-0.3, -0.25) is 0 Å². The fraction of sp³-hybridized carbons (Fsp3) is 0.500. The highest BCUT2D eigenvalue weighted by molar-refractivity contribution is 5.67. The van der Waals surface area contributed by atoms with E-state index in [2.05, 4.69) is 24.3 Å². The number of rotatable bonds is 1. The van der Waals surface area contributed by atoms with Gasteiger partial charge in [-0.15, -0.1) is 0 Å². The molecule has 0 radical (unpaired) electrons. The Labute approximate surface area is 98.4 Å². The number of benzene rings is 1. The molecule has 2 aliphatic rings. The van der Waals surface area contributed by atoms with Crippen molar-refractivity contribution < 1.29 is 0 Å². The van der Waals surface area contributed by atoms with Crippen molar-refractivity contribution in [2.45, 2.75) is 51.4 Å². The summed E-state index contributed by atoms with van der Waals surface area (Å²) in [6.07, 6.45) is 13.3. The van der Waals surface area contributed by atoms with Gasteiger partial charge in [0.15, 0.2) is 0 Å². The minimum absolute atomic E-state index is 1.28. The summed E-state index contributed by atoms with van der Waals surface area (Å²) in [5.41, 5.74) is 6.28. The highest BCUT2D eigenvalue weighted by Gasteiger charge is 2.14. The summed E-state index contributed by atoms with van der Waals surface area (Å²) in [6, 6.07) is 7.12. The number of allylic oxidation sites excluding steroid dienone is 2. The molecule has 0 fully saturated rings. The zero-order valence-electron chi connectivity index (χ0n) is 9.97. The molecule has 0 nitrogen and oxygen atoms in total. The Hall–Kier alpha value is -1.04. The van der Waals surface area contributed by atoms with E-state index in [0.29, 0.717) is 0 Å². The molecule has 16 heavy (non-hydrogen) atoms. The van der Waals surface area contributed by atoms with Gasteiger partial charge in [0.2, 0.25) is 0 Å². The van der Waals surface area contributed by atoms with E-state index in [1.807, 2.05) is 0 Å². The van der Waals surface area contributed by atoms with Gasteiger partial charge in [0.25, 0.3) is 0 Å². The van der Waals surface area contributed by atoms with Crippen LogP contribution < -0.4 is 0 Å². The average Bonchev–Trinajstić information content (AvgIpc) is 2.20. The molecule has 84 valence electrons. The van der Waals surface area contributed by atoms with Crippen LogP contribution in [0.15, 0.2) is 24.3 Å². The first-order valence-electron chi connectivity index (χ1n) is 6.75. The zero-order valence-corrected chi connectivity index (χ0v) is 9.97. The molecular weight excluding hydrogens is 192 g/mol. The molecule has 0 saturated heterocycles. The van der Waals surface area contributed by atoms with Crippen molar-refractivity contribution in [2.24, 2.45) is 0 Å². The quantitative estimate of drug-likeness (QED) is 0.642. The van der Waals surface area contributed by atoms with Gasteiger partial charge >= 0.3 is 0 Å². The van der Waals surface area contributed by atoms with Crippen LogP contribution in [-0.2, 0) is 12.8 Å². The first-order chi connectivity index (χ1) is 7.93. The molecule has 0 aliphatic heterocycles. The second kappa shape index (κ2) is 4.45. The Bertz CT molecular complexity index is 412. The maximum absolute atomic E-state index is 2.49. The topological polar surface area (TPSA) is 0 Å². The van der Waals surface area contributed by atoms with Gasteiger partial charge in [0, 0.05) is 0 Å². The van der Waals surface area contributed by atoms with Gasteiger partial charge in [-0.1, -0.05) is 37.1 Å². The molecule has 3 rings (SSSR count). The van der Waals surface area contributed by atoms with Gasteiger partial charge in [-0.25, -0.2) is 0 Å². The van der Waals surface area contributed by atoms with Crippen LogP contribution in [0.25, 0.3) is 5.57 Å². The molecule has 0 bridgehead atoms. The van der Waals surface area contributed by atoms with Crippen molar-refractivity contribution >= 4 is 5.57 Å². The summed E-state index contributed by atoms with van der Waals surface area (Å²) in [6.45, 7) is 0. The lowest BCUT2D eigenvalue weighted by atomic mass is 9.85. The Balaban J connectivity index is 1.86. The van der Waals surface area contributed by atoms with Crippen molar-refractivity contribution in [3.63, 3.8) is 0 Å². The molecule has 0 spiro atoms. The molecule has 0 heterocycles. The van der Waals surface area contributed by atoms with Crippen LogP contribution in [0.5, 0.6) is 0 Å². The van der Waals surface area contributed by atoms with Gasteiger partial charge < -0.3 is 0 Å². The van der Waals surface area contributed by atoms with E-state index >= 15 is 0 Å². The molecule has 0 atom stereocenters. The molecule has 0 heteroatoms. The van der Waals surface area contributed by atoms with Crippen molar-refractivity contribution in [3.8, 4) is 0 Å². The lowest BCUT2D eigenvalue weighted by Gasteiger charge is -2.21. The second-order valence-electron chi connectivity index (χ2n) is 5.17. The molecule has 1 aromatic rings. The maximum Gasteiger partial charge on any atom is -0.0225 e. The summed E-state index contributed by atoms with van der Waals surface area (Å²) >= 11 is 0. The van der Waals surface area contributed by atoms with Crippen molar-refractivity contribution in [3.05, 3.63) is 41.0 Å². The summed E-state index contributed by atoms with van der Waals surface area (Å²) in [4.78, 5) is 0. The van der Waals surface area contributed by atoms with Crippen molar-refractivity contribution in [1.29, 1.82) is 0 Å². The first-order valence-corrected chi connectivity index (χ1v) is 6.75. The first kappa shape index (κ1) is 10.1. The van der Waals surface area contributed by atoms with Gasteiger partial charge in [-0.05, 0) is 60.8 Å². The predicted octanol–water partition coefficient (Wildman–Crippen LogP) is 4.52. The lowest BCUT2D eigenvalue weighted by molar-refractivity contribution is 0.643. The molecule has 0 amide bonds. The van der Waals surface area contributed by atoms with E-state index in [1.165, 1.54) is 56.9 Å². The normalized spacial score (nSPS) is 23.4. The summed E-state index contributed by atoms with van der Waals surface area (Å²) < 4.78 is 0. The summed E-state index contributed by atoms with van der Waals surface area (Å²) in [7, 11) is 0. The Morgan fingerprint density at radius 1 is 0.750 bits per heavy atom. The van der Waals surface area contributed by atoms with Crippen LogP contribution in [0.2, 0.25) is 0 Å². The lowest BCUT2D eigenvalue weighted by Crippen LogP contribution is -2.08. The van der Waals surface area contributed by atoms with E-state index in [0.717, 1.165) is 0 Å². The number of fused-ring (bicyclic) bond motifs is 1. The molecule has 1 aromatic carbocycles. The van der Waals surface area contributed by atoms with Gasteiger partial charge in [0.05, 0.1) is 0 Å². The van der Waals surface area contributed by atoms with E-state index in [1.54, 1.807) is 16.7 Å². The number of hydrogen-bond donors (Lipinski definition) is 0. The highest BCUT2D eigenvalue weighted by atomic mass is 14.2. The SMILES string of the molecule is C1=C(/c2ccc3c(c2)CC3)CCCCCC/1. The highest BCUT2D eigenvalue weighted by Crippen LogP contribution is 2.30. The fourth-order valence-corrected chi connectivity index (χ4v) is 2.85. The van der Waals surface area contributed by atoms with Crippen LogP contribution in [0.3, 0.4) is 0 Å². The second-order valence-corrected chi connectivity index (χ2v) is 5.17. The maximum atomic E-state index is 2.49. The molecule has 0 N–H and O–H groups in total. The van der Waals surface area contributed by atoms with Crippen molar-refractivity contribution in [1.82, 2.24) is 0 Å². The predicted molar refractivity (Wildman–Crippen MR) is 69.5 cm³/mol. The molecule has 0 saturated carbocycles. The minimum Gasteiger partial charge on any atom is -0.0807 e. The Morgan fingerprint density at radius 3 is 2.44 bits per heavy atom. The van der Waals surface area contributed by atoms with E-state index < -0.39 is 0 Å².